The normalized spacial score (nSPS) is 11.0. The Bertz CT molecular complexity index is 857. The van der Waals surface area contributed by atoms with Gasteiger partial charge < -0.3 is 10.1 Å². The van der Waals surface area contributed by atoms with Gasteiger partial charge >= 0.3 is 6.61 Å². The molecule has 2 aromatic heterocycles. The van der Waals surface area contributed by atoms with Crippen LogP contribution in [-0.4, -0.2) is 28.2 Å². The monoisotopic (exact) mass is 367 g/mol. The molecule has 0 spiro atoms. The smallest absolute Gasteiger partial charge is 0.387 e. The van der Waals surface area contributed by atoms with E-state index in [1.54, 1.807) is 12.1 Å². The number of amides is 1. The molecule has 0 atom stereocenters. The Morgan fingerprint density at radius 3 is 2.96 bits per heavy atom. The summed E-state index contributed by atoms with van der Waals surface area (Å²) >= 11 is 2.75. The summed E-state index contributed by atoms with van der Waals surface area (Å²) in [5, 5.41) is 6.07. The van der Waals surface area contributed by atoms with Crippen molar-refractivity contribution >= 4 is 44.9 Å². The van der Waals surface area contributed by atoms with E-state index in [0.29, 0.717) is 5.03 Å². The van der Waals surface area contributed by atoms with Crippen LogP contribution in [0.4, 0.5) is 14.5 Å². The van der Waals surface area contributed by atoms with Crippen LogP contribution in [0.25, 0.3) is 10.2 Å². The number of carbonyl (C=O) groups is 1. The lowest BCUT2D eigenvalue weighted by molar-refractivity contribution is -0.113. The highest BCUT2D eigenvalue weighted by atomic mass is 32.2. The highest BCUT2D eigenvalue weighted by Gasteiger charge is 2.13. The number of nitrogens with zero attached hydrogens (tertiary/aromatic N) is 2. The Hall–Kier alpha value is -2.26. The van der Waals surface area contributed by atoms with Gasteiger partial charge in [-0.3, -0.25) is 4.79 Å². The van der Waals surface area contributed by atoms with Crippen LogP contribution in [0.3, 0.4) is 0 Å². The van der Waals surface area contributed by atoms with Crippen molar-refractivity contribution in [3.63, 3.8) is 0 Å². The van der Waals surface area contributed by atoms with E-state index in [1.807, 2.05) is 11.4 Å². The summed E-state index contributed by atoms with van der Waals surface area (Å²) in [6, 6.07) is 7.94. The van der Waals surface area contributed by atoms with E-state index in [2.05, 4.69) is 20.0 Å². The molecule has 5 nitrogen and oxygen atoms in total. The van der Waals surface area contributed by atoms with Crippen molar-refractivity contribution in [3.8, 4) is 5.75 Å². The number of aromatic nitrogens is 2. The third kappa shape index (κ3) is 3.98. The minimum absolute atomic E-state index is 0.0758. The van der Waals surface area contributed by atoms with Crippen LogP contribution in [0.15, 0.2) is 47.1 Å². The second-order valence-corrected chi connectivity index (χ2v) is 6.39. The number of hydrogen-bond donors (Lipinski definition) is 1. The zero-order chi connectivity index (χ0) is 16.9. The largest absolute Gasteiger partial charge is 0.433 e. The number of halogens is 2. The van der Waals surface area contributed by atoms with E-state index in [1.165, 1.54) is 41.6 Å². The van der Waals surface area contributed by atoms with E-state index < -0.39 is 6.61 Å². The molecule has 0 aliphatic rings. The van der Waals surface area contributed by atoms with Gasteiger partial charge in [0.15, 0.2) is 0 Å². The first-order valence-corrected chi connectivity index (χ1v) is 8.64. The molecule has 0 bridgehead atoms. The molecular formula is C15H11F2N3O2S2. The molecule has 0 aliphatic carbocycles. The number of rotatable bonds is 6. The number of thioether (sulfide) groups is 1. The van der Waals surface area contributed by atoms with Crippen molar-refractivity contribution in [2.24, 2.45) is 0 Å². The van der Waals surface area contributed by atoms with Crippen molar-refractivity contribution in [2.45, 2.75) is 11.6 Å². The first-order valence-electron chi connectivity index (χ1n) is 6.78. The Morgan fingerprint density at radius 2 is 2.12 bits per heavy atom. The first kappa shape index (κ1) is 16.6. The molecule has 3 aromatic rings. The summed E-state index contributed by atoms with van der Waals surface area (Å²) in [5.74, 6) is -0.328. The lowest BCUT2D eigenvalue weighted by atomic mass is 10.3. The average molecular weight is 367 g/mol. The predicted octanol–water partition coefficient (Wildman–Crippen LogP) is 4.02. The summed E-state index contributed by atoms with van der Waals surface area (Å²) < 4.78 is 29.1. The molecule has 0 fully saturated rings. The average Bonchev–Trinajstić information content (AvgIpc) is 3.03. The molecule has 3 rings (SSSR count). The maximum Gasteiger partial charge on any atom is 0.387 e. The number of fused-ring (bicyclic) bond motifs is 1. The maximum absolute atomic E-state index is 12.4. The predicted molar refractivity (Wildman–Crippen MR) is 89.8 cm³/mol. The number of thiophene rings is 1. The Morgan fingerprint density at radius 1 is 1.29 bits per heavy atom. The van der Waals surface area contributed by atoms with Crippen molar-refractivity contribution in [1.29, 1.82) is 0 Å². The van der Waals surface area contributed by atoms with Crippen LogP contribution in [0.5, 0.6) is 5.75 Å². The first-order chi connectivity index (χ1) is 11.6. The summed E-state index contributed by atoms with van der Waals surface area (Å²) in [6.45, 7) is -2.95. The van der Waals surface area contributed by atoms with Gasteiger partial charge in [-0.15, -0.1) is 11.3 Å². The quantitative estimate of drug-likeness (QED) is 0.527. The minimum atomic E-state index is -2.95. The molecule has 24 heavy (non-hydrogen) atoms. The lowest BCUT2D eigenvalue weighted by Gasteiger charge is -2.11. The summed E-state index contributed by atoms with van der Waals surface area (Å²) in [6.07, 6.45) is 1.45. The molecular weight excluding hydrogens is 356 g/mol. The van der Waals surface area contributed by atoms with Gasteiger partial charge in [0.2, 0.25) is 5.91 Å². The molecule has 0 aliphatic heterocycles. The SMILES string of the molecule is O=C(CSc1ncnc2sccc12)Nc1ccccc1OC(F)F. The van der Waals surface area contributed by atoms with Gasteiger partial charge in [0.05, 0.1) is 11.4 Å². The molecule has 0 unspecified atom stereocenters. The number of para-hydroxylation sites is 2. The fraction of sp³-hybridized carbons (Fsp3) is 0.133. The number of carbonyl (C=O) groups excluding carboxylic acids is 1. The molecule has 0 saturated heterocycles. The number of nitrogens with one attached hydrogen (secondary N) is 1. The van der Waals surface area contributed by atoms with Gasteiger partial charge in [0, 0.05) is 5.39 Å². The third-order valence-electron chi connectivity index (χ3n) is 2.94. The van der Waals surface area contributed by atoms with Crippen LogP contribution in [0.2, 0.25) is 0 Å². The number of benzene rings is 1. The zero-order valence-corrected chi connectivity index (χ0v) is 13.7. The van der Waals surface area contributed by atoms with Gasteiger partial charge in [-0.2, -0.15) is 8.78 Å². The summed E-state index contributed by atoms with van der Waals surface area (Å²) in [4.78, 5) is 21.2. The van der Waals surface area contributed by atoms with E-state index >= 15 is 0 Å². The van der Waals surface area contributed by atoms with Gasteiger partial charge in [0.1, 0.15) is 21.9 Å². The van der Waals surface area contributed by atoms with Gasteiger partial charge in [0.25, 0.3) is 0 Å². The van der Waals surface area contributed by atoms with E-state index in [-0.39, 0.29) is 23.1 Å². The standard InChI is InChI=1S/C15H11F2N3O2S2/c16-15(17)22-11-4-2-1-3-10(11)20-12(21)7-24-14-9-5-6-23-13(9)18-8-19-14/h1-6,8,15H,7H2,(H,20,21). The van der Waals surface area contributed by atoms with Gasteiger partial charge in [-0.05, 0) is 23.6 Å². The van der Waals surface area contributed by atoms with Crippen molar-refractivity contribution in [1.82, 2.24) is 9.97 Å². The van der Waals surface area contributed by atoms with Gasteiger partial charge in [-0.25, -0.2) is 9.97 Å². The summed E-state index contributed by atoms with van der Waals surface area (Å²) in [5.41, 5.74) is 0.201. The fourth-order valence-electron chi connectivity index (χ4n) is 1.97. The van der Waals surface area contributed by atoms with Crippen LogP contribution < -0.4 is 10.1 Å². The molecule has 0 saturated carbocycles. The highest BCUT2D eigenvalue weighted by molar-refractivity contribution is 8.00. The van der Waals surface area contributed by atoms with Crippen molar-refractivity contribution in [3.05, 3.63) is 42.0 Å². The van der Waals surface area contributed by atoms with E-state index in [0.717, 1.165) is 10.2 Å². The van der Waals surface area contributed by atoms with Crippen LogP contribution >= 0.6 is 23.1 Å². The van der Waals surface area contributed by atoms with Crippen LogP contribution in [0, 0.1) is 0 Å². The zero-order valence-electron chi connectivity index (χ0n) is 12.1. The number of anilines is 1. The molecule has 124 valence electrons. The second-order valence-electron chi connectivity index (χ2n) is 4.53. The highest BCUT2D eigenvalue weighted by Crippen LogP contribution is 2.29. The van der Waals surface area contributed by atoms with Crippen molar-refractivity contribution in [2.75, 3.05) is 11.1 Å². The second kappa shape index (κ2) is 7.54. The molecule has 1 N–H and O–H groups in total. The molecule has 0 radical (unpaired) electrons. The Kier molecular flexibility index (Phi) is 5.21. The number of ether oxygens (including phenoxy) is 1. The Labute approximate surface area is 144 Å². The van der Waals surface area contributed by atoms with Crippen LogP contribution in [0.1, 0.15) is 0 Å². The third-order valence-corrected chi connectivity index (χ3v) is 4.77. The molecule has 2 heterocycles. The topological polar surface area (TPSA) is 64.1 Å². The van der Waals surface area contributed by atoms with Crippen molar-refractivity contribution < 1.29 is 18.3 Å². The fourth-order valence-corrected chi connectivity index (χ4v) is 3.55. The molecule has 9 heteroatoms. The number of hydrogen-bond acceptors (Lipinski definition) is 6. The van der Waals surface area contributed by atoms with Gasteiger partial charge in [-0.1, -0.05) is 23.9 Å². The van der Waals surface area contributed by atoms with E-state index in [9.17, 15) is 13.6 Å². The molecule has 1 aromatic carbocycles. The minimum Gasteiger partial charge on any atom is -0.433 e. The Balaban J connectivity index is 1.65. The summed E-state index contributed by atoms with van der Waals surface area (Å²) in [7, 11) is 0. The van der Waals surface area contributed by atoms with E-state index in [4.69, 9.17) is 0 Å². The number of alkyl halides is 2. The lowest BCUT2D eigenvalue weighted by Crippen LogP contribution is -2.15. The molecule has 1 amide bonds. The van der Waals surface area contributed by atoms with Crippen LogP contribution in [-0.2, 0) is 4.79 Å². The maximum atomic E-state index is 12.4.